The van der Waals surface area contributed by atoms with Crippen LogP contribution in [0.2, 0.25) is 0 Å². The van der Waals surface area contributed by atoms with Gasteiger partial charge in [0.1, 0.15) is 30.4 Å². The van der Waals surface area contributed by atoms with Crippen LogP contribution < -0.4 is 24.4 Å². The van der Waals surface area contributed by atoms with Gasteiger partial charge in [-0.05, 0) is 60.7 Å². The molecule has 1 heterocycles. The molecule has 2 aromatic carbocycles. The molecule has 1 saturated heterocycles. The van der Waals surface area contributed by atoms with Crippen molar-refractivity contribution in [3.8, 4) is 17.2 Å². The number of thiocarbonyl (C=S) groups is 1. The minimum Gasteiger partial charge on any atom is -0.497 e. The molecule has 0 amide bonds. The van der Waals surface area contributed by atoms with E-state index < -0.39 is 0 Å². The van der Waals surface area contributed by atoms with Crippen LogP contribution in [0.1, 0.15) is 0 Å². The molecule has 1 fully saturated rings. The van der Waals surface area contributed by atoms with Crippen molar-refractivity contribution in [2.45, 2.75) is 0 Å². The number of nitrogens with one attached hydrogen (secondary N) is 2. The maximum absolute atomic E-state index is 5.84. The average molecular weight is 403 g/mol. The topological polar surface area (TPSA) is 47.4 Å². The Hall–Kier alpha value is -2.51. The number of hydrogen-bond donors (Lipinski definition) is 2. The van der Waals surface area contributed by atoms with Crippen LogP contribution in [0.5, 0.6) is 17.2 Å². The van der Waals surface area contributed by atoms with Crippen molar-refractivity contribution in [1.29, 1.82) is 0 Å². The highest BCUT2D eigenvalue weighted by Crippen LogP contribution is 2.17. The Kier molecular flexibility index (Phi) is 7.33. The number of ether oxygens (including phenoxy) is 3. The summed E-state index contributed by atoms with van der Waals surface area (Å²) in [4.78, 5) is 3.77. The summed E-state index contributed by atoms with van der Waals surface area (Å²) in [5.74, 6) is 2.56. The second kappa shape index (κ2) is 10.1. The number of hydrogen-bond acceptors (Lipinski definition) is 4. The Labute approximate surface area is 172 Å². The van der Waals surface area contributed by atoms with Crippen LogP contribution in [0.25, 0.3) is 0 Å². The van der Waals surface area contributed by atoms with Gasteiger partial charge in [-0.3, -0.25) is 0 Å². The van der Waals surface area contributed by atoms with E-state index in [2.05, 4.69) is 10.2 Å². The fourth-order valence-electron chi connectivity index (χ4n) is 3.14. The van der Waals surface area contributed by atoms with Gasteiger partial charge in [0.2, 0.25) is 0 Å². The van der Waals surface area contributed by atoms with E-state index in [4.69, 9.17) is 26.4 Å². The summed E-state index contributed by atoms with van der Waals surface area (Å²) >= 11 is 5.57. The normalized spacial score (nSPS) is 14.4. The summed E-state index contributed by atoms with van der Waals surface area (Å²) in [5.41, 5.74) is 0.980. The second-order valence-electron chi connectivity index (χ2n) is 6.67. The van der Waals surface area contributed by atoms with Gasteiger partial charge in [0.05, 0.1) is 40.4 Å². The van der Waals surface area contributed by atoms with E-state index in [1.165, 1.54) is 4.90 Å². The number of anilines is 1. The quantitative estimate of drug-likeness (QED) is 0.688. The first-order valence-corrected chi connectivity index (χ1v) is 9.89. The molecule has 7 heteroatoms. The Bertz CT molecular complexity index is 744. The van der Waals surface area contributed by atoms with Gasteiger partial charge in [0.15, 0.2) is 5.11 Å². The average Bonchev–Trinajstić information content (AvgIpc) is 2.75. The molecule has 2 N–H and O–H groups in total. The van der Waals surface area contributed by atoms with E-state index in [9.17, 15) is 0 Å². The van der Waals surface area contributed by atoms with Gasteiger partial charge in [-0.2, -0.15) is 0 Å². The molecule has 3 rings (SSSR count). The Balaban J connectivity index is 1.36. The lowest BCUT2D eigenvalue weighted by atomic mass is 10.3. The molecule has 1 aliphatic heterocycles. The Morgan fingerprint density at radius 3 is 2.04 bits per heavy atom. The number of piperazine rings is 1. The second-order valence-corrected chi connectivity index (χ2v) is 7.06. The van der Waals surface area contributed by atoms with Crippen LogP contribution in [0, 0.1) is 0 Å². The van der Waals surface area contributed by atoms with E-state index in [0.717, 1.165) is 60.8 Å². The van der Waals surface area contributed by atoms with E-state index in [0.29, 0.717) is 6.61 Å². The van der Waals surface area contributed by atoms with Crippen molar-refractivity contribution in [2.24, 2.45) is 0 Å². The highest BCUT2D eigenvalue weighted by atomic mass is 32.1. The zero-order valence-corrected chi connectivity index (χ0v) is 17.3. The predicted molar refractivity (Wildman–Crippen MR) is 115 cm³/mol. The van der Waals surface area contributed by atoms with Crippen molar-refractivity contribution in [3.05, 3.63) is 48.5 Å². The number of quaternary nitrogens is 1. The molecular weight excluding hydrogens is 374 g/mol. The van der Waals surface area contributed by atoms with Gasteiger partial charge in [-0.15, -0.1) is 0 Å². The first kappa shape index (κ1) is 20.2. The van der Waals surface area contributed by atoms with Crippen LogP contribution in [0.4, 0.5) is 5.69 Å². The molecule has 0 atom stereocenters. The van der Waals surface area contributed by atoms with E-state index in [1.807, 2.05) is 48.5 Å². The van der Waals surface area contributed by atoms with Gasteiger partial charge in [0.25, 0.3) is 0 Å². The zero-order valence-electron chi connectivity index (χ0n) is 16.4. The summed E-state index contributed by atoms with van der Waals surface area (Å²) in [6, 6.07) is 15.5. The fraction of sp³-hybridized carbons (Fsp3) is 0.381. The number of benzene rings is 2. The van der Waals surface area contributed by atoms with E-state index in [-0.39, 0.29) is 0 Å². The maximum atomic E-state index is 5.84. The van der Waals surface area contributed by atoms with Gasteiger partial charge in [0, 0.05) is 5.69 Å². The fourth-order valence-corrected chi connectivity index (χ4v) is 3.44. The molecule has 0 bridgehead atoms. The van der Waals surface area contributed by atoms with Gasteiger partial charge < -0.3 is 29.3 Å². The summed E-state index contributed by atoms with van der Waals surface area (Å²) < 4.78 is 16.2. The van der Waals surface area contributed by atoms with Crippen LogP contribution in [-0.2, 0) is 0 Å². The molecular formula is C21H28N3O3S+. The van der Waals surface area contributed by atoms with Crippen LogP contribution in [0.3, 0.4) is 0 Å². The summed E-state index contributed by atoms with van der Waals surface area (Å²) in [7, 11) is 3.33. The molecule has 28 heavy (non-hydrogen) atoms. The third-order valence-electron chi connectivity index (χ3n) is 4.88. The molecule has 0 radical (unpaired) electrons. The van der Waals surface area contributed by atoms with E-state index >= 15 is 0 Å². The van der Waals surface area contributed by atoms with Crippen molar-refractivity contribution >= 4 is 23.0 Å². The molecule has 0 saturated carbocycles. The molecule has 0 aliphatic carbocycles. The molecule has 2 aromatic rings. The lowest BCUT2D eigenvalue weighted by Crippen LogP contribution is -3.15. The lowest BCUT2D eigenvalue weighted by molar-refractivity contribution is -0.903. The first-order chi connectivity index (χ1) is 13.7. The number of nitrogens with zero attached hydrogens (tertiary/aromatic N) is 1. The van der Waals surface area contributed by atoms with Gasteiger partial charge in [-0.1, -0.05) is 0 Å². The predicted octanol–water partition coefficient (Wildman–Crippen LogP) is 1.68. The Morgan fingerprint density at radius 2 is 1.46 bits per heavy atom. The molecule has 0 unspecified atom stereocenters. The van der Waals surface area contributed by atoms with Crippen molar-refractivity contribution in [2.75, 3.05) is 58.9 Å². The van der Waals surface area contributed by atoms with Crippen molar-refractivity contribution in [1.82, 2.24) is 4.90 Å². The summed E-state index contributed by atoms with van der Waals surface area (Å²) in [6.45, 7) is 5.68. The van der Waals surface area contributed by atoms with Crippen molar-refractivity contribution < 1.29 is 19.1 Å². The summed E-state index contributed by atoms with van der Waals surface area (Å²) in [5, 5.41) is 4.09. The molecule has 150 valence electrons. The van der Waals surface area contributed by atoms with Crippen molar-refractivity contribution in [3.63, 3.8) is 0 Å². The minimum absolute atomic E-state index is 0.705. The van der Waals surface area contributed by atoms with Crippen LogP contribution >= 0.6 is 12.2 Å². The summed E-state index contributed by atoms with van der Waals surface area (Å²) in [6.07, 6.45) is 0. The van der Waals surface area contributed by atoms with Gasteiger partial charge in [-0.25, -0.2) is 0 Å². The first-order valence-electron chi connectivity index (χ1n) is 9.48. The lowest BCUT2D eigenvalue weighted by Gasteiger charge is -2.33. The monoisotopic (exact) mass is 402 g/mol. The standard InChI is InChI=1S/C21H27N3O3S/c1-25-18-5-3-17(4-6-18)22-21(28)24-13-11-23(12-14-24)15-16-27-20-9-7-19(26-2)8-10-20/h3-10H,11-16H2,1-2H3,(H,22,28)/p+1. The third-order valence-corrected chi connectivity index (χ3v) is 5.24. The molecule has 6 nitrogen and oxygen atoms in total. The third kappa shape index (κ3) is 5.74. The smallest absolute Gasteiger partial charge is 0.173 e. The maximum Gasteiger partial charge on any atom is 0.173 e. The number of methoxy groups -OCH3 is 2. The minimum atomic E-state index is 0.705. The Morgan fingerprint density at radius 1 is 0.929 bits per heavy atom. The zero-order chi connectivity index (χ0) is 19.8. The van der Waals surface area contributed by atoms with Crippen LogP contribution in [0.15, 0.2) is 48.5 Å². The number of rotatable bonds is 7. The molecule has 0 aromatic heterocycles. The molecule has 1 aliphatic rings. The highest BCUT2D eigenvalue weighted by molar-refractivity contribution is 7.80. The van der Waals surface area contributed by atoms with E-state index in [1.54, 1.807) is 14.2 Å². The van der Waals surface area contributed by atoms with Crippen LogP contribution in [-0.4, -0.2) is 63.6 Å². The SMILES string of the molecule is COc1ccc(NC(=S)N2CC[NH+](CCOc3ccc(OC)cc3)CC2)cc1. The van der Waals surface area contributed by atoms with Gasteiger partial charge >= 0.3 is 0 Å². The molecule has 0 spiro atoms. The highest BCUT2D eigenvalue weighted by Gasteiger charge is 2.21. The largest absolute Gasteiger partial charge is 0.497 e.